The Bertz CT molecular complexity index is 873. The molecule has 1 aromatic heterocycles. The number of aromatic nitrogens is 1. The monoisotopic (exact) mass is 352 g/mol. The van der Waals surface area contributed by atoms with Crippen LogP contribution in [0.1, 0.15) is 37.3 Å². The summed E-state index contributed by atoms with van der Waals surface area (Å²) in [7, 11) is 0. The Balaban J connectivity index is 1.85. The van der Waals surface area contributed by atoms with Crippen LogP contribution in [0, 0.1) is 12.8 Å². The third-order valence-electron chi connectivity index (χ3n) is 6.11. The topological polar surface area (TPSA) is 46.3 Å². The number of carbonyl (C=O) groups excluding carboxylic acids is 1. The fourth-order valence-electron chi connectivity index (χ4n) is 4.67. The molecule has 1 aliphatic heterocycles. The van der Waals surface area contributed by atoms with Crippen molar-refractivity contribution >= 4 is 17.0 Å². The summed E-state index contributed by atoms with van der Waals surface area (Å²) in [6, 6.07) is 3.27. The van der Waals surface area contributed by atoms with E-state index in [1.54, 1.807) is 6.92 Å². The molecular weight excluding hydrogens is 333 g/mol. The molecule has 4 nitrogen and oxygen atoms in total. The summed E-state index contributed by atoms with van der Waals surface area (Å²) < 4.78 is 44.6. The van der Waals surface area contributed by atoms with Gasteiger partial charge in [-0.3, -0.25) is 4.79 Å². The van der Waals surface area contributed by atoms with Crippen LogP contribution in [0.4, 0.5) is 13.2 Å². The minimum atomic E-state index is -4.83. The predicted octanol–water partition coefficient (Wildman–Crippen LogP) is 3.75. The number of piperidine rings is 1. The van der Waals surface area contributed by atoms with Crippen LogP contribution >= 0.6 is 0 Å². The Morgan fingerprint density at radius 2 is 2.12 bits per heavy atom. The molecule has 2 aliphatic rings. The average Bonchev–Trinajstić information content (AvgIpc) is 2.88. The van der Waals surface area contributed by atoms with E-state index in [4.69, 9.17) is 4.42 Å². The lowest BCUT2D eigenvalue weighted by Crippen LogP contribution is -2.61. The van der Waals surface area contributed by atoms with Gasteiger partial charge in [0.2, 0.25) is 0 Å². The Morgan fingerprint density at radius 1 is 1.40 bits per heavy atom. The average molecular weight is 352 g/mol. The third kappa shape index (κ3) is 2.20. The Kier molecular flexibility index (Phi) is 3.28. The van der Waals surface area contributed by atoms with Crippen molar-refractivity contribution in [2.75, 3.05) is 6.54 Å². The first-order chi connectivity index (χ1) is 11.6. The van der Waals surface area contributed by atoms with Crippen molar-refractivity contribution in [2.24, 2.45) is 5.92 Å². The van der Waals surface area contributed by atoms with E-state index in [1.807, 2.05) is 19.1 Å². The molecule has 1 aromatic carbocycles. The van der Waals surface area contributed by atoms with Gasteiger partial charge in [-0.25, -0.2) is 4.98 Å². The Morgan fingerprint density at radius 3 is 2.80 bits per heavy atom. The zero-order chi connectivity index (χ0) is 18.1. The molecule has 2 bridgehead atoms. The number of likely N-dealkylation sites (tertiary alicyclic amines) is 1. The van der Waals surface area contributed by atoms with E-state index in [2.05, 4.69) is 11.9 Å². The summed E-state index contributed by atoms with van der Waals surface area (Å²) in [6.45, 7) is 5.90. The lowest BCUT2D eigenvalue weighted by Gasteiger charge is -2.54. The highest BCUT2D eigenvalue weighted by Crippen LogP contribution is 2.51. The summed E-state index contributed by atoms with van der Waals surface area (Å²) >= 11 is 0. The van der Waals surface area contributed by atoms with E-state index in [0.29, 0.717) is 24.3 Å². The van der Waals surface area contributed by atoms with Crippen molar-refractivity contribution in [3.05, 3.63) is 29.2 Å². The number of hydrogen-bond acceptors (Lipinski definition) is 3. The third-order valence-corrected chi connectivity index (χ3v) is 6.11. The Labute approximate surface area is 143 Å². The number of halogens is 3. The summed E-state index contributed by atoms with van der Waals surface area (Å²) in [4.78, 5) is 17.4. The molecule has 1 fully saturated rings. The number of alkyl halides is 3. The normalized spacial score (nSPS) is 29.0. The van der Waals surface area contributed by atoms with E-state index in [-0.39, 0.29) is 17.9 Å². The van der Waals surface area contributed by atoms with Gasteiger partial charge in [-0.05, 0) is 36.0 Å². The standard InChI is InChI=1S/C18H19F3N2O2/c1-9-12-8-11-4-5-13-15(22-10(2)25-13)14(11)17(9,3)6-7-23(12)16(24)18(19,20)21/h4-5,9,12H,6-8H2,1-3H3/t9?,12?,17-/m1/s1. The van der Waals surface area contributed by atoms with Gasteiger partial charge in [-0.15, -0.1) is 0 Å². The molecule has 25 heavy (non-hydrogen) atoms. The predicted molar refractivity (Wildman–Crippen MR) is 85.1 cm³/mol. The van der Waals surface area contributed by atoms with E-state index in [0.717, 1.165) is 21.5 Å². The second kappa shape index (κ2) is 4.99. The first-order valence-electron chi connectivity index (χ1n) is 8.40. The number of aryl methyl sites for hydroxylation is 1. The number of oxazole rings is 1. The van der Waals surface area contributed by atoms with Crippen molar-refractivity contribution < 1.29 is 22.4 Å². The minimum absolute atomic E-state index is 0.0948. The number of amides is 1. The van der Waals surface area contributed by atoms with Crippen molar-refractivity contribution in [1.29, 1.82) is 0 Å². The molecule has 0 radical (unpaired) electrons. The molecule has 1 saturated heterocycles. The van der Waals surface area contributed by atoms with Crippen LogP contribution in [0.5, 0.6) is 0 Å². The molecule has 0 N–H and O–H groups in total. The van der Waals surface area contributed by atoms with Crippen LogP contribution in [0.2, 0.25) is 0 Å². The van der Waals surface area contributed by atoms with Gasteiger partial charge in [0.25, 0.3) is 0 Å². The first-order valence-corrected chi connectivity index (χ1v) is 8.40. The van der Waals surface area contributed by atoms with E-state index >= 15 is 0 Å². The molecule has 0 spiro atoms. The second-order valence-corrected chi connectivity index (χ2v) is 7.40. The number of fused-ring (bicyclic) bond motifs is 6. The molecule has 134 valence electrons. The fraction of sp³-hybridized carbons (Fsp3) is 0.556. The molecule has 0 saturated carbocycles. The molecule has 2 heterocycles. The number of nitrogens with zero attached hydrogens (tertiary/aromatic N) is 2. The van der Waals surface area contributed by atoms with Crippen LogP contribution in [-0.4, -0.2) is 34.6 Å². The van der Waals surface area contributed by atoms with Crippen LogP contribution in [0.25, 0.3) is 11.1 Å². The number of rotatable bonds is 0. The zero-order valence-corrected chi connectivity index (χ0v) is 14.3. The maximum Gasteiger partial charge on any atom is 0.471 e. The van der Waals surface area contributed by atoms with Crippen molar-refractivity contribution in [1.82, 2.24) is 9.88 Å². The van der Waals surface area contributed by atoms with Crippen molar-refractivity contribution in [2.45, 2.75) is 51.2 Å². The summed E-state index contributed by atoms with van der Waals surface area (Å²) in [5.41, 5.74) is 3.22. The maximum atomic E-state index is 13.0. The highest BCUT2D eigenvalue weighted by atomic mass is 19.4. The highest BCUT2D eigenvalue weighted by molar-refractivity contribution is 5.84. The van der Waals surface area contributed by atoms with Gasteiger partial charge < -0.3 is 9.32 Å². The number of hydrogen-bond donors (Lipinski definition) is 0. The molecule has 4 rings (SSSR count). The molecule has 1 amide bonds. The SMILES string of the molecule is Cc1nc2c3c(ccc2o1)CC1C(C)[C@@]3(C)CCN1C(=O)C(F)(F)F. The van der Waals surface area contributed by atoms with Gasteiger partial charge in [-0.2, -0.15) is 13.2 Å². The summed E-state index contributed by atoms with van der Waals surface area (Å²) in [6.07, 6.45) is -3.94. The Hall–Kier alpha value is -2.05. The van der Waals surface area contributed by atoms with Crippen LogP contribution < -0.4 is 0 Å². The van der Waals surface area contributed by atoms with Crippen molar-refractivity contribution in [3.8, 4) is 0 Å². The maximum absolute atomic E-state index is 13.0. The van der Waals surface area contributed by atoms with Crippen LogP contribution in [-0.2, 0) is 16.6 Å². The van der Waals surface area contributed by atoms with Gasteiger partial charge in [0.05, 0.1) is 0 Å². The zero-order valence-electron chi connectivity index (χ0n) is 14.3. The minimum Gasteiger partial charge on any atom is -0.441 e. The van der Waals surface area contributed by atoms with Crippen LogP contribution in [0.15, 0.2) is 16.5 Å². The number of benzene rings is 1. The summed E-state index contributed by atoms with van der Waals surface area (Å²) in [5, 5.41) is 0. The van der Waals surface area contributed by atoms with Gasteiger partial charge in [-0.1, -0.05) is 19.9 Å². The lowest BCUT2D eigenvalue weighted by atomic mass is 9.58. The van der Waals surface area contributed by atoms with Gasteiger partial charge in [0, 0.05) is 24.9 Å². The smallest absolute Gasteiger partial charge is 0.441 e. The van der Waals surface area contributed by atoms with Gasteiger partial charge in [0.1, 0.15) is 5.52 Å². The van der Waals surface area contributed by atoms with Gasteiger partial charge >= 0.3 is 12.1 Å². The van der Waals surface area contributed by atoms with E-state index < -0.39 is 18.1 Å². The largest absolute Gasteiger partial charge is 0.471 e. The lowest BCUT2D eigenvalue weighted by molar-refractivity contribution is -0.192. The van der Waals surface area contributed by atoms with Crippen LogP contribution in [0.3, 0.4) is 0 Å². The van der Waals surface area contributed by atoms with E-state index in [9.17, 15) is 18.0 Å². The van der Waals surface area contributed by atoms with Gasteiger partial charge in [0.15, 0.2) is 11.5 Å². The van der Waals surface area contributed by atoms with E-state index in [1.165, 1.54) is 0 Å². The second-order valence-electron chi connectivity index (χ2n) is 7.40. The first kappa shape index (κ1) is 16.4. The number of carbonyl (C=O) groups is 1. The molecule has 2 aromatic rings. The summed E-state index contributed by atoms with van der Waals surface area (Å²) in [5.74, 6) is -1.25. The fourth-order valence-corrected chi connectivity index (χ4v) is 4.67. The molecule has 7 heteroatoms. The molecule has 2 unspecified atom stereocenters. The molecule has 1 aliphatic carbocycles. The quantitative estimate of drug-likeness (QED) is 0.725. The molecule has 3 atom stereocenters. The highest BCUT2D eigenvalue weighted by Gasteiger charge is 2.54. The molecular formula is C18H19F3N2O2. The van der Waals surface area contributed by atoms with Crippen molar-refractivity contribution in [3.63, 3.8) is 0 Å².